The van der Waals surface area contributed by atoms with Crippen LogP contribution in [0.3, 0.4) is 0 Å². The fourth-order valence-corrected chi connectivity index (χ4v) is 1.48. The number of aromatic nitrogens is 1. The van der Waals surface area contributed by atoms with Crippen molar-refractivity contribution in [2.75, 3.05) is 5.32 Å². The van der Waals surface area contributed by atoms with E-state index in [0.717, 1.165) is 6.07 Å². The summed E-state index contributed by atoms with van der Waals surface area (Å²) in [6, 6.07) is 5.15. The van der Waals surface area contributed by atoms with Gasteiger partial charge in [-0.3, -0.25) is 4.79 Å². The average Bonchev–Trinajstić information content (AvgIpc) is 2.70. The lowest BCUT2D eigenvalue weighted by Gasteiger charge is -2.06. The van der Waals surface area contributed by atoms with E-state index in [-0.39, 0.29) is 17.1 Å². The third-order valence-corrected chi connectivity index (χ3v) is 2.34. The van der Waals surface area contributed by atoms with Crippen molar-refractivity contribution < 1.29 is 14.3 Å². The first-order chi connectivity index (χ1) is 8.08. The fraction of sp³-hybridized carbons (Fsp3) is 0. The molecule has 2 rings (SSSR count). The van der Waals surface area contributed by atoms with E-state index in [1.54, 1.807) is 0 Å². The maximum Gasteiger partial charge on any atom is 0.272 e. The van der Waals surface area contributed by atoms with Crippen LogP contribution in [0, 0.1) is 5.82 Å². The van der Waals surface area contributed by atoms with E-state index in [2.05, 4.69) is 10.3 Å². The van der Waals surface area contributed by atoms with Crippen LogP contribution in [-0.2, 0) is 0 Å². The molecule has 1 heterocycles. The molecule has 88 valence electrons. The van der Waals surface area contributed by atoms with Crippen molar-refractivity contribution in [1.29, 1.82) is 0 Å². The lowest BCUT2D eigenvalue weighted by atomic mass is 10.2. The molecule has 0 aliphatic heterocycles. The minimum absolute atomic E-state index is 0.178. The van der Waals surface area contributed by atoms with Crippen LogP contribution in [0.25, 0.3) is 0 Å². The Labute approximate surface area is 101 Å². The predicted octanol–water partition coefficient (Wildman–Crippen LogP) is 2.77. The van der Waals surface area contributed by atoms with Gasteiger partial charge in [0.25, 0.3) is 5.91 Å². The highest BCUT2D eigenvalue weighted by Gasteiger charge is 2.13. The van der Waals surface area contributed by atoms with Gasteiger partial charge in [-0.15, -0.1) is 0 Å². The first-order valence-electron chi connectivity index (χ1n) is 4.70. The summed E-state index contributed by atoms with van der Waals surface area (Å²) >= 11 is 5.64. The Morgan fingerprint density at radius 2 is 2.24 bits per heavy atom. The number of carbonyl (C=O) groups excluding carboxylic acids is 1. The molecular formula is C11H8ClFN2O2. The smallest absolute Gasteiger partial charge is 0.272 e. The number of nitrogens with one attached hydrogen (secondary N) is 2. The molecule has 0 radical (unpaired) electrons. The number of para-hydroxylation sites is 1. The summed E-state index contributed by atoms with van der Waals surface area (Å²) in [5.74, 6) is -1.63. The highest BCUT2D eigenvalue weighted by molar-refractivity contribution is 6.31. The van der Waals surface area contributed by atoms with E-state index in [0.29, 0.717) is 5.02 Å². The number of rotatable bonds is 2. The van der Waals surface area contributed by atoms with E-state index in [1.165, 1.54) is 24.4 Å². The summed E-state index contributed by atoms with van der Waals surface area (Å²) in [5.41, 5.74) is -0.0825. The number of aromatic hydroxyl groups is 1. The van der Waals surface area contributed by atoms with E-state index in [4.69, 9.17) is 11.6 Å². The standard InChI is InChI=1S/C11H8ClFN2O2/c12-6-4-8(14-5-6)11(17)15-10-7(13)2-1-3-9(10)16/h1-5,14,16H,(H,15,17). The molecule has 1 amide bonds. The third kappa shape index (κ3) is 2.39. The number of carbonyl (C=O) groups is 1. The molecule has 0 spiro atoms. The molecular weight excluding hydrogens is 247 g/mol. The highest BCUT2D eigenvalue weighted by Crippen LogP contribution is 2.26. The zero-order chi connectivity index (χ0) is 12.4. The molecule has 3 N–H and O–H groups in total. The van der Waals surface area contributed by atoms with Crippen LogP contribution in [0.1, 0.15) is 10.5 Å². The molecule has 1 aromatic carbocycles. The number of phenolic OH excluding ortho intramolecular Hbond substituents is 1. The van der Waals surface area contributed by atoms with Gasteiger partial charge < -0.3 is 15.4 Å². The molecule has 6 heteroatoms. The van der Waals surface area contributed by atoms with Crippen molar-refractivity contribution >= 4 is 23.2 Å². The highest BCUT2D eigenvalue weighted by atomic mass is 35.5. The summed E-state index contributed by atoms with van der Waals surface area (Å²) < 4.78 is 13.3. The second kappa shape index (κ2) is 4.47. The topological polar surface area (TPSA) is 65.1 Å². The number of anilines is 1. The first kappa shape index (κ1) is 11.5. The average molecular weight is 255 g/mol. The molecule has 4 nitrogen and oxygen atoms in total. The zero-order valence-corrected chi connectivity index (χ0v) is 9.25. The molecule has 0 saturated carbocycles. The van der Waals surface area contributed by atoms with Crippen molar-refractivity contribution in [3.05, 3.63) is 47.0 Å². The molecule has 1 aromatic heterocycles. The Bertz CT molecular complexity index is 548. The number of H-pyrrole nitrogens is 1. The van der Waals surface area contributed by atoms with Gasteiger partial charge in [-0.1, -0.05) is 17.7 Å². The van der Waals surface area contributed by atoms with Crippen LogP contribution >= 0.6 is 11.6 Å². The van der Waals surface area contributed by atoms with Crippen LogP contribution in [-0.4, -0.2) is 16.0 Å². The summed E-state index contributed by atoms with van der Waals surface area (Å²) in [6.45, 7) is 0. The van der Waals surface area contributed by atoms with Crippen molar-refractivity contribution in [2.24, 2.45) is 0 Å². The molecule has 2 aromatic rings. The van der Waals surface area contributed by atoms with Crippen molar-refractivity contribution in [3.8, 4) is 5.75 Å². The monoisotopic (exact) mass is 254 g/mol. The Morgan fingerprint density at radius 1 is 1.47 bits per heavy atom. The summed E-state index contributed by atoms with van der Waals surface area (Å²) in [7, 11) is 0. The number of hydrogen-bond acceptors (Lipinski definition) is 2. The van der Waals surface area contributed by atoms with Crippen molar-refractivity contribution in [1.82, 2.24) is 4.98 Å². The normalized spacial score (nSPS) is 10.2. The molecule has 0 bridgehead atoms. The van der Waals surface area contributed by atoms with Crippen LogP contribution in [0.15, 0.2) is 30.5 Å². The molecule has 0 atom stereocenters. The van der Waals surface area contributed by atoms with Gasteiger partial charge in [-0.25, -0.2) is 4.39 Å². The number of hydrogen-bond donors (Lipinski definition) is 3. The number of halogens is 2. The number of phenols is 1. The van der Waals surface area contributed by atoms with Crippen LogP contribution in [0.5, 0.6) is 5.75 Å². The van der Waals surface area contributed by atoms with Crippen LogP contribution in [0.4, 0.5) is 10.1 Å². The second-order valence-electron chi connectivity index (χ2n) is 3.32. The molecule has 17 heavy (non-hydrogen) atoms. The number of aromatic amines is 1. The summed E-state index contributed by atoms with van der Waals surface area (Å²) in [5, 5.41) is 12.0. The van der Waals surface area contributed by atoms with Gasteiger partial charge in [0.2, 0.25) is 0 Å². The van der Waals surface area contributed by atoms with Gasteiger partial charge in [0, 0.05) is 6.20 Å². The van der Waals surface area contributed by atoms with Gasteiger partial charge in [0.15, 0.2) is 5.82 Å². The number of amides is 1. The maximum atomic E-state index is 13.3. The Kier molecular flexibility index (Phi) is 3.01. The maximum absolute atomic E-state index is 13.3. The first-order valence-corrected chi connectivity index (χ1v) is 5.08. The SMILES string of the molecule is O=C(Nc1c(O)cccc1F)c1cc(Cl)c[nH]1. The van der Waals surface area contributed by atoms with E-state index < -0.39 is 11.7 Å². The minimum Gasteiger partial charge on any atom is -0.506 e. The van der Waals surface area contributed by atoms with E-state index in [9.17, 15) is 14.3 Å². The molecule has 0 aliphatic rings. The molecule has 0 aliphatic carbocycles. The van der Waals surface area contributed by atoms with Gasteiger partial charge in [0.05, 0.1) is 5.02 Å². The van der Waals surface area contributed by atoms with Gasteiger partial charge in [-0.2, -0.15) is 0 Å². The van der Waals surface area contributed by atoms with Crippen LogP contribution < -0.4 is 5.32 Å². The van der Waals surface area contributed by atoms with Crippen LogP contribution in [0.2, 0.25) is 5.02 Å². The Morgan fingerprint density at radius 3 is 2.82 bits per heavy atom. The predicted molar refractivity (Wildman–Crippen MR) is 61.8 cm³/mol. The largest absolute Gasteiger partial charge is 0.506 e. The molecule has 0 unspecified atom stereocenters. The lowest BCUT2D eigenvalue weighted by Crippen LogP contribution is -2.13. The van der Waals surface area contributed by atoms with Gasteiger partial charge in [-0.05, 0) is 18.2 Å². The third-order valence-electron chi connectivity index (χ3n) is 2.12. The minimum atomic E-state index is -0.712. The Hall–Kier alpha value is -2.01. The van der Waals surface area contributed by atoms with Crippen molar-refractivity contribution in [3.63, 3.8) is 0 Å². The van der Waals surface area contributed by atoms with Gasteiger partial charge >= 0.3 is 0 Å². The Balaban J connectivity index is 2.24. The van der Waals surface area contributed by atoms with Gasteiger partial charge in [0.1, 0.15) is 17.1 Å². The zero-order valence-electron chi connectivity index (χ0n) is 8.50. The summed E-state index contributed by atoms with van der Waals surface area (Å²) in [6.07, 6.45) is 1.43. The van der Waals surface area contributed by atoms with Crippen molar-refractivity contribution in [2.45, 2.75) is 0 Å². The second-order valence-corrected chi connectivity index (χ2v) is 3.76. The van der Waals surface area contributed by atoms with E-state index in [1.807, 2.05) is 0 Å². The summed E-state index contributed by atoms with van der Waals surface area (Å²) in [4.78, 5) is 14.3. The fourth-order valence-electron chi connectivity index (χ4n) is 1.32. The molecule has 0 fully saturated rings. The van der Waals surface area contributed by atoms with E-state index >= 15 is 0 Å². The molecule has 0 saturated heterocycles. The number of benzene rings is 1. The quantitative estimate of drug-likeness (QED) is 0.722. The lowest BCUT2D eigenvalue weighted by molar-refractivity contribution is 0.102.